The number of aliphatic hydroxyl groups excluding tert-OH is 2. The maximum absolute atomic E-state index is 10.5. The molecule has 4 aromatic rings. The molecule has 0 radical (unpaired) electrons. The highest BCUT2D eigenvalue weighted by atomic mass is 16.3. The van der Waals surface area contributed by atoms with Crippen LogP contribution in [0.25, 0.3) is 0 Å². The van der Waals surface area contributed by atoms with E-state index in [2.05, 4.69) is 131 Å². The van der Waals surface area contributed by atoms with E-state index in [-0.39, 0.29) is 36.4 Å². The van der Waals surface area contributed by atoms with Gasteiger partial charge in [0.1, 0.15) is 0 Å². The van der Waals surface area contributed by atoms with Crippen molar-refractivity contribution >= 4 is 0 Å². The molecule has 4 aromatic carbocycles. The van der Waals surface area contributed by atoms with Gasteiger partial charge in [-0.3, -0.25) is 9.80 Å². The van der Waals surface area contributed by atoms with Crippen molar-refractivity contribution in [2.75, 3.05) is 26.2 Å². The van der Waals surface area contributed by atoms with E-state index in [4.69, 9.17) is 0 Å². The van der Waals surface area contributed by atoms with E-state index < -0.39 is 0 Å². The second-order valence-electron chi connectivity index (χ2n) is 13.0. The predicted molar refractivity (Wildman–Crippen MR) is 188 cm³/mol. The van der Waals surface area contributed by atoms with Gasteiger partial charge in [0.05, 0.1) is 12.2 Å². The van der Waals surface area contributed by atoms with Gasteiger partial charge < -0.3 is 20.8 Å². The van der Waals surface area contributed by atoms with Crippen LogP contribution in [0.1, 0.15) is 61.0 Å². The number of hydrogen-bond donors (Lipinski definition) is 4. The Morgan fingerprint density at radius 3 is 1.20 bits per heavy atom. The highest BCUT2D eigenvalue weighted by Crippen LogP contribution is 2.20. The van der Waals surface area contributed by atoms with E-state index in [1.807, 2.05) is 24.3 Å². The Kier molecular flexibility index (Phi) is 13.0. The number of likely N-dealkylation sites (tertiary alicyclic amines) is 2. The van der Waals surface area contributed by atoms with Gasteiger partial charge in [-0.25, -0.2) is 0 Å². The first kappa shape index (κ1) is 34.0. The molecule has 4 N–H and O–H groups in total. The van der Waals surface area contributed by atoms with Gasteiger partial charge in [0, 0.05) is 63.4 Å². The molecule has 0 saturated carbocycles. The molecule has 2 aliphatic rings. The van der Waals surface area contributed by atoms with Gasteiger partial charge in [0.2, 0.25) is 0 Å². The third-order valence-electron chi connectivity index (χ3n) is 9.36. The summed E-state index contributed by atoms with van der Waals surface area (Å²) in [6.07, 6.45) is 1.31. The van der Waals surface area contributed by atoms with Crippen molar-refractivity contribution in [1.29, 1.82) is 0 Å². The molecule has 244 valence electrons. The Bertz CT molecular complexity index is 1280. The normalized spacial score (nSPS) is 23.6. The summed E-state index contributed by atoms with van der Waals surface area (Å²) in [7, 11) is 0. The van der Waals surface area contributed by atoms with Crippen molar-refractivity contribution in [2.24, 2.45) is 0 Å². The number of nitrogens with one attached hydrogen (secondary N) is 2. The van der Waals surface area contributed by atoms with Crippen molar-refractivity contribution in [2.45, 2.75) is 76.2 Å². The van der Waals surface area contributed by atoms with Crippen LogP contribution in [0.2, 0.25) is 0 Å². The largest absolute Gasteiger partial charge is 0.390 e. The lowest BCUT2D eigenvalue weighted by Crippen LogP contribution is -2.52. The molecule has 0 aromatic heterocycles. The molecular weight excluding hydrogens is 568 g/mol. The first-order valence-electron chi connectivity index (χ1n) is 17.0. The SMILES string of the molecule is C[C@@H](N[C@@H]1CCN(Cc2ccccc2)C[C@H]1O)c1ccccc1.C[C@@H](N[C@H]1CCN(Cc2ccccc2)C[C@@H]1O)c1ccccc1. The third-order valence-corrected chi connectivity index (χ3v) is 9.36. The molecule has 0 spiro atoms. The number of piperidine rings is 2. The van der Waals surface area contributed by atoms with Crippen LogP contribution in [0.3, 0.4) is 0 Å². The summed E-state index contributed by atoms with van der Waals surface area (Å²) in [5.74, 6) is 0. The first-order chi connectivity index (χ1) is 22.4. The Morgan fingerprint density at radius 1 is 0.543 bits per heavy atom. The average Bonchev–Trinajstić information content (AvgIpc) is 3.09. The maximum Gasteiger partial charge on any atom is 0.0820 e. The molecule has 2 aliphatic heterocycles. The summed E-state index contributed by atoms with van der Waals surface area (Å²) in [6.45, 7) is 9.66. The summed E-state index contributed by atoms with van der Waals surface area (Å²) >= 11 is 0. The fourth-order valence-corrected chi connectivity index (χ4v) is 6.67. The summed E-state index contributed by atoms with van der Waals surface area (Å²) < 4.78 is 0. The highest BCUT2D eigenvalue weighted by Gasteiger charge is 2.29. The topological polar surface area (TPSA) is 71.0 Å². The molecule has 0 unspecified atom stereocenters. The van der Waals surface area contributed by atoms with Crippen molar-refractivity contribution in [3.63, 3.8) is 0 Å². The number of nitrogens with zero attached hydrogens (tertiary/aromatic N) is 2. The zero-order chi connectivity index (χ0) is 32.1. The number of benzene rings is 4. The second kappa shape index (κ2) is 17.5. The van der Waals surface area contributed by atoms with Crippen molar-refractivity contribution in [1.82, 2.24) is 20.4 Å². The third kappa shape index (κ3) is 10.3. The summed E-state index contributed by atoms with van der Waals surface area (Å²) in [6, 6.07) is 42.7. The van der Waals surface area contributed by atoms with Crippen LogP contribution >= 0.6 is 0 Å². The lowest BCUT2D eigenvalue weighted by atomic mass is 9.98. The van der Waals surface area contributed by atoms with Gasteiger partial charge in [-0.15, -0.1) is 0 Å². The summed E-state index contributed by atoms with van der Waals surface area (Å²) in [4.78, 5) is 4.68. The van der Waals surface area contributed by atoms with E-state index in [9.17, 15) is 10.2 Å². The monoisotopic (exact) mass is 620 g/mol. The molecule has 2 saturated heterocycles. The van der Waals surface area contributed by atoms with Crippen molar-refractivity contribution in [3.8, 4) is 0 Å². The fourth-order valence-electron chi connectivity index (χ4n) is 6.67. The minimum absolute atomic E-state index is 0.164. The van der Waals surface area contributed by atoms with Crippen molar-refractivity contribution < 1.29 is 10.2 Å². The zero-order valence-corrected chi connectivity index (χ0v) is 27.5. The minimum Gasteiger partial charge on any atom is -0.390 e. The molecule has 0 bridgehead atoms. The Labute approximate surface area is 276 Å². The van der Waals surface area contributed by atoms with Gasteiger partial charge in [0.25, 0.3) is 0 Å². The highest BCUT2D eigenvalue weighted by molar-refractivity contribution is 5.20. The molecule has 2 fully saturated rings. The predicted octanol–water partition coefficient (Wildman–Crippen LogP) is 5.95. The number of hydrogen-bond acceptors (Lipinski definition) is 6. The van der Waals surface area contributed by atoms with Gasteiger partial charge in [-0.1, -0.05) is 121 Å². The van der Waals surface area contributed by atoms with Crippen LogP contribution < -0.4 is 10.6 Å². The molecular formula is C40H52N4O2. The number of aliphatic hydroxyl groups is 2. The average molecular weight is 621 g/mol. The Morgan fingerprint density at radius 2 is 0.870 bits per heavy atom. The standard InChI is InChI=1S/2C20H26N2O/c2*1-16(18-10-6-3-7-11-18)21-19-12-13-22(15-20(19)23)14-17-8-4-2-5-9-17/h2*2-11,16,19-21,23H,12-15H2,1H3/t16-,19+,20+;16-,19-,20-/m11/s1. The maximum atomic E-state index is 10.5. The van der Waals surface area contributed by atoms with Crippen LogP contribution in [0.15, 0.2) is 121 Å². The van der Waals surface area contributed by atoms with Crippen LogP contribution in [0, 0.1) is 0 Å². The first-order valence-corrected chi connectivity index (χ1v) is 17.0. The molecule has 6 nitrogen and oxygen atoms in total. The Hall–Kier alpha value is -3.36. The lowest BCUT2D eigenvalue weighted by Gasteiger charge is -2.37. The smallest absolute Gasteiger partial charge is 0.0820 e. The van der Waals surface area contributed by atoms with Crippen molar-refractivity contribution in [3.05, 3.63) is 144 Å². The molecule has 6 atom stereocenters. The summed E-state index contributed by atoms with van der Waals surface area (Å²) in [5, 5.41) is 28.2. The minimum atomic E-state index is -0.321. The van der Waals surface area contributed by atoms with E-state index >= 15 is 0 Å². The van der Waals surface area contributed by atoms with Gasteiger partial charge in [0.15, 0.2) is 0 Å². The van der Waals surface area contributed by atoms with E-state index in [1.165, 1.54) is 22.3 Å². The van der Waals surface area contributed by atoms with Crippen LogP contribution in [-0.2, 0) is 13.1 Å². The lowest BCUT2D eigenvalue weighted by molar-refractivity contribution is 0.0335. The number of β-amino-alcohol motifs (C(OH)–C–C–N with tert-alkyl or cyclic N) is 2. The van der Waals surface area contributed by atoms with E-state index in [0.717, 1.165) is 52.1 Å². The van der Waals surface area contributed by atoms with Crippen LogP contribution in [0.5, 0.6) is 0 Å². The zero-order valence-electron chi connectivity index (χ0n) is 27.5. The van der Waals surface area contributed by atoms with E-state index in [0.29, 0.717) is 0 Å². The molecule has 2 heterocycles. The molecule has 46 heavy (non-hydrogen) atoms. The fraction of sp³-hybridized carbons (Fsp3) is 0.400. The Balaban J connectivity index is 0.000000181. The molecule has 0 amide bonds. The molecule has 6 rings (SSSR count). The van der Waals surface area contributed by atoms with E-state index in [1.54, 1.807) is 0 Å². The summed E-state index contributed by atoms with van der Waals surface area (Å²) in [5.41, 5.74) is 5.16. The van der Waals surface area contributed by atoms with Gasteiger partial charge in [-0.2, -0.15) is 0 Å². The van der Waals surface area contributed by atoms with Gasteiger partial charge in [-0.05, 0) is 48.9 Å². The molecule has 0 aliphatic carbocycles. The van der Waals surface area contributed by atoms with Gasteiger partial charge >= 0.3 is 0 Å². The van der Waals surface area contributed by atoms with Crippen LogP contribution in [-0.4, -0.2) is 70.5 Å². The quantitative estimate of drug-likeness (QED) is 0.176. The second-order valence-corrected chi connectivity index (χ2v) is 13.0. The molecule has 6 heteroatoms. The van der Waals surface area contributed by atoms with Crippen LogP contribution in [0.4, 0.5) is 0 Å². The number of rotatable bonds is 10.